The number of ether oxygens (including phenoxy) is 2. The Morgan fingerprint density at radius 2 is 1.65 bits per heavy atom. The normalized spacial score (nSPS) is 15.2. The van der Waals surface area contributed by atoms with E-state index in [9.17, 15) is 4.79 Å². The Kier molecular flexibility index (Phi) is 9.26. The number of unbranched alkanes of at least 4 members (excludes halogenated alkanes) is 4. The first-order valence-electron chi connectivity index (χ1n) is 12.0. The standard InChI is InChI=1S/C27H37NO3/c1-3-5-9-18-30-25-17-16-22(20-26(25)31-19-10-6-4-2)27(29)28-24-15-11-13-21-12-7-8-14-23(21)24/h7-8,12,14,16-17,20,24H,3-6,9-11,13,15,18-19H2,1-2H3,(H,28,29)/t24-/m1/s1. The quantitative estimate of drug-likeness (QED) is 0.390. The maximum atomic E-state index is 13.1. The SMILES string of the molecule is CCCCCOc1ccc(C(=O)N[C@@H]2CCCc3ccccc32)cc1OCCCCC. The molecule has 168 valence electrons. The molecule has 1 atom stereocenters. The van der Waals surface area contributed by atoms with Gasteiger partial charge in [-0.05, 0) is 61.4 Å². The van der Waals surface area contributed by atoms with Crippen LogP contribution in [0.2, 0.25) is 0 Å². The van der Waals surface area contributed by atoms with Crippen LogP contribution >= 0.6 is 0 Å². The topological polar surface area (TPSA) is 47.6 Å². The van der Waals surface area contributed by atoms with E-state index in [1.807, 2.05) is 18.2 Å². The van der Waals surface area contributed by atoms with Gasteiger partial charge in [0.1, 0.15) is 0 Å². The van der Waals surface area contributed by atoms with Crippen molar-refractivity contribution in [3.05, 3.63) is 59.2 Å². The van der Waals surface area contributed by atoms with Gasteiger partial charge in [0.2, 0.25) is 0 Å². The Morgan fingerprint density at radius 3 is 2.39 bits per heavy atom. The van der Waals surface area contributed by atoms with Gasteiger partial charge in [0.15, 0.2) is 11.5 Å². The number of carbonyl (C=O) groups excluding carboxylic acids is 1. The maximum absolute atomic E-state index is 13.1. The highest BCUT2D eigenvalue weighted by Gasteiger charge is 2.22. The highest BCUT2D eigenvalue weighted by molar-refractivity contribution is 5.95. The molecule has 4 heteroatoms. The van der Waals surface area contributed by atoms with Gasteiger partial charge in [-0.15, -0.1) is 0 Å². The van der Waals surface area contributed by atoms with Crippen LogP contribution in [0.4, 0.5) is 0 Å². The van der Waals surface area contributed by atoms with Crippen molar-refractivity contribution < 1.29 is 14.3 Å². The molecule has 31 heavy (non-hydrogen) atoms. The molecule has 1 amide bonds. The maximum Gasteiger partial charge on any atom is 0.251 e. The van der Waals surface area contributed by atoms with Crippen molar-refractivity contribution in [2.75, 3.05) is 13.2 Å². The summed E-state index contributed by atoms with van der Waals surface area (Å²) in [7, 11) is 0. The van der Waals surface area contributed by atoms with Crippen LogP contribution in [-0.2, 0) is 6.42 Å². The molecule has 1 aliphatic rings. The summed E-state index contributed by atoms with van der Waals surface area (Å²) in [5, 5.41) is 3.24. The first-order chi connectivity index (χ1) is 15.2. The molecule has 3 rings (SSSR count). The number of carbonyl (C=O) groups is 1. The van der Waals surface area contributed by atoms with Gasteiger partial charge >= 0.3 is 0 Å². The first-order valence-corrected chi connectivity index (χ1v) is 12.0. The number of benzene rings is 2. The molecule has 2 aromatic rings. The number of nitrogens with one attached hydrogen (secondary N) is 1. The third-order valence-electron chi connectivity index (χ3n) is 5.89. The number of fused-ring (bicyclic) bond motifs is 1. The van der Waals surface area contributed by atoms with Crippen molar-refractivity contribution in [1.29, 1.82) is 0 Å². The minimum Gasteiger partial charge on any atom is -0.490 e. The van der Waals surface area contributed by atoms with Crippen molar-refractivity contribution >= 4 is 5.91 Å². The fraction of sp³-hybridized carbons (Fsp3) is 0.519. The summed E-state index contributed by atoms with van der Waals surface area (Å²) in [4.78, 5) is 13.1. The zero-order chi connectivity index (χ0) is 21.9. The van der Waals surface area contributed by atoms with Gasteiger partial charge in [0, 0.05) is 5.56 Å². The Labute approximate surface area is 187 Å². The van der Waals surface area contributed by atoms with E-state index in [0.717, 1.165) is 63.5 Å². The zero-order valence-electron chi connectivity index (χ0n) is 19.1. The lowest BCUT2D eigenvalue weighted by Crippen LogP contribution is -2.31. The van der Waals surface area contributed by atoms with E-state index in [-0.39, 0.29) is 11.9 Å². The lowest BCUT2D eigenvalue weighted by atomic mass is 9.87. The van der Waals surface area contributed by atoms with Crippen LogP contribution < -0.4 is 14.8 Å². The largest absolute Gasteiger partial charge is 0.490 e. The highest BCUT2D eigenvalue weighted by atomic mass is 16.5. The van der Waals surface area contributed by atoms with E-state index >= 15 is 0 Å². The Morgan fingerprint density at radius 1 is 0.935 bits per heavy atom. The smallest absolute Gasteiger partial charge is 0.251 e. The van der Waals surface area contributed by atoms with Crippen LogP contribution in [0.25, 0.3) is 0 Å². The second-order valence-corrected chi connectivity index (χ2v) is 8.39. The number of amides is 1. The molecule has 2 aromatic carbocycles. The average Bonchev–Trinajstić information content (AvgIpc) is 2.80. The molecular weight excluding hydrogens is 386 g/mol. The summed E-state index contributed by atoms with van der Waals surface area (Å²) in [5.74, 6) is 1.34. The average molecular weight is 424 g/mol. The van der Waals surface area contributed by atoms with Crippen LogP contribution in [0.15, 0.2) is 42.5 Å². The summed E-state index contributed by atoms with van der Waals surface area (Å²) in [6.45, 7) is 5.67. The summed E-state index contributed by atoms with van der Waals surface area (Å²) >= 11 is 0. The van der Waals surface area contributed by atoms with Crippen LogP contribution in [0.5, 0.6) is 11.5 Å². The Bertz CT molecular complexity index is 833. The van der Waals surface area contributed by atoms with E-state index in [2.05, 4.69) is 43.4 Å². The third-order valence-corrected chi connectivity index (χ3v) is 5.89. The van der Waals surface area contributed by atoms with E-state index in [4.69, 9.17) is 9.47 Å². The fourth-order valence-electron chi connectivity index (χ4n) is 4.10. The molecule has 0 saturated carbocycles. The van der Waals surface area contributed by atoms with Crippen molar-refractivity contribution in [2.45, 2.75) is 77.7 Å². The number of hydrogen-bond acceptors (Lipinski definition) is 3. The molecule has 4 nitrogen and oxygen atoms in total. The van der Waals surface area contributed by atoms with Crippen molar-refractivity contribution in [1.82, 2.24) is 5.32 Å². The van der Waals surface area contributed by atoms with Gasteiger partial charge in [0.05, 0.1) is 19.3 Å². The van der Waals surface area contributed by atoms with Crippen LogP contribution in [0, 0.1) is 0 Å². The minimum absolute atomic E-state index is 0.0577. The second-order valence-electron chi connectivity index (χ2n) is 8.39. The van der Waals surface area contributed by atoms with Crippen LogP contribution in [0.3, 0.4) is 0 Å². The van der Waals surface area contributed by atoms with Crippen molar-refractivity contribution in [2.24, 2.45) is 0 Å². The minimum atomic E-state index is -0.0577. The van der Waals surface area contributed by atoms with Gasteiger partial charge in [0.25, 0.3) is 5.91 Å². The van der Waals surface area contributed by atoms with Crippen molar-refractivity contribution in [3.63, 3.8) is 0 Å². The number of rotatable bonds is 12. The van der Waals surface area contributed by atoms with Gasteiger partial charge in [-0.2, -0.15) is 0 Å². The Hall–Kier alpha value is -2.49. The fourth-order valence-corrected chi connectivity index (χ4v) is 4.10. The summed E-state index contributed by atoms with van der Waals surface area (Å²) in [5.41, 5.74) is 3.21. The molecule has 0 aromatic heterocycles. The molecule has 0 fully saturated rings. The van der Waals surface area contributed by atoms with E-state index < -0.39 is 0 Å². The predicted octanol–water partition coefficient (Wildman–Crippen LogP) is 6.63. The van der Waals surface area contributed by atoms with E-state index in [1.54, 1.807) is 0 Å². The monoisotopic (exact) mass is 423 g/mol. The molecule has 1 aliphatic carbocycles. The number of aryl methyl sites for hydroxylation is 1. The number of hydrogen-bond donors (Lipinski definition) is 1. The molecule has 0 spiro atoms. The van der Waals surface area contributed by atoms with Crippen LogP contribution in [0.1, 0.15) is 92.7 Å². The van der Waals surface area contributed by atoms with Gasteiger partial charge in [-0.1, -0.05) is 63.8 Å². The zero-order valence-corrected chi connectivity index (χ0v) is 19.1. The van der Waals surface area contributed by atoms with Crippen LogP contribution in [-0.4, -0.2) is 19.1 Å². The third kappa shape index (κ3) is 6.75. The molecular formula is C27H37NO3. The summed E-state index contributed by atoms with van der Waals surface area (Å²) in [6.07, 6.45) is 9.77. The van der Waals surface area contributed by atoms with Gasteiger partial charge in [-0.3, -0.25) is 4.79 Å². The lowest BCUT2D eigenvalue weighted by molar-refractivity contribution is 0.0932. The van der Waals surface area contributed by atoms with Gasteiger partial charge in [-0.25, -0.2) is 0 Å². The van der Waals surface area contributed by atoms with Crippen molar-refractivity contribution in [3.8, 4) is 11.5 Å². The predicted molar refractivity (Wildman–Crippen MR) is 126 cm³/mol. The molecule has 0 saturated heterocycles. The molecule has 0 bridgehead atoms. The highest BCUT2D eigenvalue weighted by Crippen LogP contribution is 2.32. The molecule has 0 radical (unpaired) electrons. The first kappa shape index (κ1) is 23.2. The van der Waals surface area contributed by atoms with E-state index in [0.29, 0.717) is 24.5 Å². The van der Waals surface area contributed by atoms with E-state index in [1.165, 1.54) is 11.1 Å². The molecule has 0 heterocycles. The molecule has 0 unspecified atom stereocenters. The summed E-state index contributed by atoms with van der Waals surface area (Å²) in [6, 6.07) is 14.1. The van der Waals surface area contributed by atoms with Gasteiger partial charge < -0.3 is 14.8 Å². The second kappa shape index (κ2) is 12.4. The molecule has 1 N–H and O–H groups in total. The summed E-state index contributed by atoms with van der Waals surface area (Å²) < 4.78 is 12.0. The molecule has 0 aliphatic heterocycles. The Balaban J connectivity index is 1.70. The lowest BCUT2D eigenvalue weighted by Gasteiger charge is -2.26.